The van der Waals surface area contributed by atoms with Gasteiger partial charge < -0.3 is 15.0 Å². The Bertz CT molecular complexity index is 750. The number of ether oxygens (including phenoxy) is 1. The molecule has 0 radical (unpaired) electrons. The maximum absolute atomic E-state index is 12.1. The number of nitrogens with zero attached hydrogens (tertiary/aromatic N) is 2. The van der Waals surface area contributed by atoms with Gasteiger partial charge in [-0.3, -0.25) is 14.3 Å². The molecule has 0 saturated heterocycles. The van der Waals surface area contributed by atoms with Crippen molar-refractivity contribution >= 4 is 17.7 Å². The third-order valence-electron chi connectivity index (χ3n) is 3.27. The molecule has 0 unspecified atom stereocenters. The summed E-state index contributed by atoms with van der Waals surface area (Å²) in [6.07, 6.45) is 0.876. The molecule has 24 heavy (non-hydrogen) atoms. The highest BCUT2D eigenvalue weighted by atomic mass is 16.5. The standard InChI is InChI=1S/C15H18N4O5/c1-19(9-12-17-15(22)24-18-12)14(21)16-11-6-3-10(4-7-11)5-8-13(20)23-2/h3-4,6-7H,5,8-9H2,1-2H3,(H,16,21)(H,17,18,22). The number of aryl methyl sites for hydroxylation is 1. The highest BCUT2D eigenvalue weighted by molar-refractivity contribution is 5.89. The number of benzene rings is 1. The van der Waals surface area contributed by atoms with Gasteiger partial charge in [-0.15, -0.1) is 0 Å². The second kappa shape index (κ2) is 7.95. The van der Waals surface area contributed by atoms with E-state index in [0.717, 1.165) is 5.56 Å². The average molecular weight is 334 g/mol. The third-order valence-corrected chi connectivity index (χ3v) is 3.27. The lowest BCUT2D eigenvalue weighted by molar-refractivity contribution is -0.140. The molecule has 0 aliphatic rings. The first-order valence-corrected chi connectivity index (χ1v) is 7.20. The molecule has 1 aromatic heterocycles. The summed E-state index contributed by atoms with van der Waals surface area (Å²) in [5.41, 5.74) is 1.58. The Labute approximate surface area is 137 Å². The monoisotopic (exact) mass is 334 g/mol. The zero-order valence-electron chi connectivity index (χ0n) is 13.4. The lowest BCUT2D eigenvalue weighted by atomic mass is 10.1. The second-order valence-electron chi connectivity index (χ2n) is 5.10. The molecule has 9 heteroatoms. The van der Waals surface area contributed by atoms with Crippen molar-refractivity contribution in [2.45, 2.75) is 19.4 Å². The van der Waals surface area contributed by atoms with Gasteiger partial charge in [0.05, 0.1) is 13.7 Å². The molecule has 2 amide bonds. The highest BCUT2D eigenvalue weighted by Gasteiger charge is 2.12. The van der Waals surface area contributed by atoms with E-state index < -0.39 is 5.76 Å². The lowest BCUT2D eigenvalue weighted by Crippen LogP contribution is -2.31. The Morgan fingerprint density at radius 1 is 1.33 bits per heavy atom. The van der Waals surface area contributed by atoms with Gasteiger partial charge in [-0.2, -0.15) is 0 Å². The number of aromatic amines is 1. The van der Waals surface area contributed by atoms with E-state index in [1.54, 1.807) is 19.2 Å². The molecule has 0 aliphatic heterocycles. The van der Waals surface area contributed by atoms with E-state index >= 15 is 0 Å². The molecule has 0 fully saturated rings. The average Bonchev–Trinajstić information content (AvgIpc) is 2.98. The Hall–Kier alpha value is -3.10. The van der Waals surface area contributed by atoms with Gasteiger partial charge >= 0.3 is 17.8 Å². The number of rotatable bonds is 6. The number of aromatic nitrogens is 2. The van der Waals surface area contributed by atoms with E-state index in [-0.39, 0.29) is 24.4 Å². The van der Waals surface area contributed by atoms with Gasteiger partial charge in [0, 0.05) is 19.2 Å². The molecule has 2 aromatic rings. The van der Waals surface area contributed by atoms with Gasteiger partial charge in [-0.05, 0) is 24.1 Å². The molecule has 1 aromatic carbocycles. The predicted octanol–water partition coefficient (Wildman–Crippen LogP) is 1.13. The molecule has 1 heterocycles. The molecule has 2 rings (SSSR count). The first kappa shape index (κ1) is 17.3. The number of urea groups is 1. The number of hydrogen-bond acceptors (Lipinski definition) is 6. The van der Waals surface area contributed by atoms with E-state index in [4.69, 9.17) is 0 Å². The normalized spacial score (nSPS) is 10.2. The fraction of sp³-hybridized carbons (Fsp3) is 0.333. The van der Waals surface area contributed by atoms with Crippen LogP contribution in [0, 0.1) is 0 Å². The molecule has 0 atom stereocenters. The number of carbonyl (C=O) groups excluding carboxylic acids is 2. The Morgan fingerprint density at radius 2 is 2.04 bits per heavy atom. The van der Waals surface area contributed by atoms with Crippen LogP contribution in [0.15, 0.2) is 33.6 Å². The summed E-state index contributed by atoms with van der Waals surface area (Å²) < 4.78 is 8.96. The molecule has 0 aliphatic carbocycles. The number of carbonyl (C=O) groups is 2. The topological polar surface area (TPSA) is 118 Å². The zero-order valence-corrected chi connectivity index (χ0v) is 13.4. The van der Waals surface area contributed by atoms with Crippen LogP contribution in [0.1, 0.15) is 17.8 Å². The van der Waals surface area contributed by atoms with Gasteiger partial charge in [0.1, 0.15) is 0 Å². The quantitative estimate of drug-likeness (QED) is 0.765. The fourth-order valence-electron chi connectivity index (χ4n) is 1.95. The Morgan fingerprint density at radius 3 is 2.62 bits per heavy atom. The summed E-state index contributed by atoms with van der Waals surface area (Å²) in [6, 6.07) is 6.79. The van der Waals surface area contributed by atoms with Crippen LogP contribution >= 0.6 is 0 Å². The Balaban J connectivity index is 1.86. The fourth-order valence-corrected chi connectivity index (χ4v) is 1.95. The van der Waals surface area contributed by atoms with Crippen LogP contribution in [0.3, 0.4) is 0 Å². The van der Waals surface area contributed by atoms with Crippen molar-refractivity contribution in [2.24, 2.45) is 0 Å². The van der Waals surface area contributed by atoms with Crippen molar-refractivity contribution in [1.29, 1.82) is 0 Å². The molecule has 128 valence electrons. The summed E-state index contributed by atoms with van der Waals surface area (Å²) in [7, 11) is 2.92. The number of methoxy groups -OCH3 is 1. The number of anilines is 1. The molecule has 0 saturated carbocycles. The van der Waals surface area contributed by atoms with Crippen LogP contribution in [0.5, 0.6) is 0 Å². The third kappa shape index (κ3) is 4.97. The lowest BCUT2D eigenvalue weighted by Gasteiger charge is -2.16. The SMILES string of the molecule is COC(=O)CCc1ccc(NC(=O)N(C)Cc2noc(=O)[nH]2)cc1. The zero-order chi connectivity index (χ0) is 17.5. The van der Waals surface area contributed by atoms with E-state index in [1.165, 1.54) is 12.0 Å². The highest BCUT2D eigenvalue weighted by Crippen LogP contribution is 2.12. The maximum Gasteiger partial charge on any atom is 0.438 e. The summed E-state index contributed by atoms with van der Waals surface area (Å²) in [4.78, 5) is 37.7. The van der Waals surface area contributed by atoms with Crippen molar-refractivity contribution in [3.8, 4) is 0 Å². The first-order chi connectivity index (χ1) is 11.5. The van der Waals surface area contributed by atoms with E-state index in [0.29, 0.717) is 18.5 Å². The van der Waals surface area contributed by atoms with Crippen LogP contribution < -0.4 is 11.1 Å². The first-order valence-electron chi connectivity index (χ1n) is 7.20. The molecular formula is C15H18N4O5. The van der Waals surface area contributed by atoms with Gasteiger partial charge in [0.2, 0.25) is 0 Å². The molecule has 2 N–H and O–H groups in total. The van der Waals surface area contributed by atoms with Crippen molar-refractivity contribution in [2.75, 3.05) is 19.5 Å². The number of H-pyrrole nitrogens is 1. The van der Waals surface area contributed by atoms with E-state index in [1.807, 2.05) is 12.1 Å². The maximum atomic E-state index is 12.1. The smallest absolute Gasteiger partial charge is 0.438 e. The predicted molar refractivity (Wildman–Crippen MR) is 84.4 cm³/mol. The minimum atomic E-state index is -0.665. The minimum Gasteiger partial charge on any atom is -0.469 e. The summed E-state index contributed by atoms with van der Waals surface area (Å²) in [5.74, 6) is -0.669. The van der Waals surface area contributed by atoms with Crippen molar-refractivity contribution in [3.05, 3.63) is 46.2 Å². The summed E-state index contributed by atoms with van der Waals surface area (Å²) >= 11 is 0. The summed E-state index contributed by atoms with van der Waals surface area (Å²) in [5, 5.41) is 6.21. The Kier molecular flexibility index (Phi) is 5.72. The van der Waals surface area contributed by atoms with Crippen LogP contribution in [0.2, 0.25) is 0 Å². The number of hydrogen-bond donors (Lipinski definition) is 2. The van der Waals surface area contributed by atoms with Crippen LogP contribution in [-0.2, 0) is 22.5 Å². The second-order valence-corrected chi connectivity index (χ2v) is 5.10. The number of amides is 2. The van der Waals surface area contributed by atoms with Crippen molar-refractivity contribution in [1.82, 2.24) is 15.0 Å². The van der Waals surface area contributed by atoms with Crippen LogP contribution in [0.25, 0.3) is 0 Å². The van der Waals surface area contributed by atoms with E-state index in [9.17, 15) is 14.4 Å². The van der Waals surface area contributed by atoms with Gasteiger partial charge in [0.25, 0.3) is 0 Å². The largest absolute Gasteiger partial charge is 0.469 e. The molecular weight excluding hydrogens is 316 g/mol. The van der Waals surface area contributed by atoms with Crippen molar-refractivity contribution in [3.63, 3.8) is 0 Å². The number of nitrogens with one attached hydrogen (secondary N) is 2. The number of esters is 1. The van der Waals surface area contributed by atoms with E-state index in [2.05, 4.69) is 24.7 Å². The van der Waals surface area contributed by atoms with Crippen molar-refractivity contribution < 1.29 is 18.8 Å². The molecule has 9 nitrogen and oxygen atoms in total. The molecule has 0 bridgehead atoms. The van der Waals surface area contributed by atoms with Gasteiger partial charge in [0.15, 0.2) is 5.82 Å². The molecule has 0 spiro atoms. The van der Waals surface area contributed by atoms with Crippen LogP contribution in [0.4, 0.5) is 10.5 Å². The van der Waals surface area contributed by atoms with Crippen LogP contribution in [-0.4, -0.2) is 41.2 Å². The van der Waals surface area contributed by atoms with Gasteiger partial charge in [-0.1, -0.05) is 17.3 Å². The summed E-state index contributed by atoms with van der Waals surface area (Å²) in [6.45, 7) is 0.106. The van der Waals surface area contributed by atoms with Gasteiger partial charge in [-0.25, -0.2) is 9.59 Å². The minimum absolute atomic E-state index is 0.106.